The second-order valence-corrected chi connectivity index (χ2v) is 4.30. The molecule has 0 aromatic rings. The molecule has 0 atom stereocenters. The van der Waals surface area contributed by atoms with Crippen LogP contribution in [0.2, 0.25) is 0 Å². The Labute approximate surface area is 61.6 Å². The lowest BCUT2D eigenvalue weighted by Gasteiger charge is -2.31. The van der Waals surface area contributed by atoms with Crippen molar-refractivity contribution in [2.75, 3.05) is 19.3 Å². The summed E-state index contributed by atoms with van der Waals surface area (Å²) in [5.41, 5.74) is 0. The van der Waals surface area contributed by atoms with Crippen LogP contribution in [0, 0.1) is 0 Å². The van der Waals surface area contributed by atoms with E-state index in [9.17, 15) is 0 Å². The highest BCUT2D eigenvalue weighted by atomic mass is 32.2. The lowest BCUT2D eigenvalue weighted by molar-refractivity contribution is 0.439. The topological polar surface area (TPSA) is 12.0 Å². The summed E-state index contributed by atoms with van der Waals surface area (Å²) in [6.07, 6.45) is 4.87. The molecule has 0 radical (unpaired) electrons. The summed E-state index contributed by atoms with van der Waals surface area (Å²) < 4.78 is 0.575. The minimum atomic E-state index is 0.575. The average Bonchev–Trinajstić information content (AvgIpc) is 1.90. The maximum atomic E-state index is 3.36. The van der Waals surface area contributed by atoms with Crippen LogP contribution in [0.1, 0.15) is 19.8 Å². The molecule has 1 fully saturated rings. The van der Waals surface area contributed by atoms with E-state index in [1.54, 1.807) is 0 Å². The van der Waals surface area contributed by atoms with Gasteiger partial charge in [-0.1, -0.05) is 6.92 Å². The van der Waals surface area contributed by atoms with Gasteiger partial charge in [0, 0.05) is 4.75 Å². The van der Waals surface area contributed by atoms with E-state index in [0.29, 0.717) is 4.75 Å². The average molecular weight is 145 g/mol. The lowest BCUT2D eigenvalue weighted by Crippen LogP contribution is -2.36. The fourth-order valence-corrected chi connectivity index (χ4v) is 1.77. The Balaban J connectivity index is 2.37. The van der Waals surface area contributed by atoms with Gasteiger partial charge in [-0.25, -0.2) is 0 Å². The molecule has 0 aromatic carbocycles. The first-order valence-corrected chi connectivity index (χ1v) is 4.75. The zero-order valence-corrected chi connectivity index (χ0v) is 7.05. The second-order valence-electron chi connectivity index (χ2n) is 2.90. The predicted molar refractivity (Wildman–Crippen MR) is 44.0 cm³/mol. The molecule has 0 bridgehead atoms. The van der Waals surface area contributed by atoms with Crippen molar-refractivity contribution in [3.05, 3.63) is 0 Å². The Morgan fingerprint density at radius 3 is 2.22 bits per heavy atom. The summed E-state index contributed by atoms with van der Waals surface area (Å²) in [5, 5.41) is 3.36. The van der Waals surface area contributed by atoms with Crippen LogP contribution in [0.4, 0.5) is 0 Å². The number of thioether (sulfide) groups is 1. The van der Waals surface area contributed by atoms with E-state index in [1.807, 2.05) is 11.8 Å². The molecule has 54 valence electrons. The highest BCUT2D eigenvalue weighted by Gasteiger charge is 2.24. The molecule has 1 saturated heterocycles. The smallest absolute Gasteiger partial charge is 0.0153 e. The van der Waals surface area contributed by atoms with E-state index in [1.165, 1.54) is 25.9 Å². The fraction of sp³-hybridized carbons (Fsp3) is 1.00. The molecular formula is C7H15NS. The predicted octanol–water partition coefficient (Wildman–Crippen LogP) is 1.49. The summed E-state index contributed by atoms with van der Waals surface area (Å²) in [5.74, 6) is 0. The van der Waals surface area contributed by atoms with Gasteiger partial charge in [0.2, 0.25) is 0 Å². The lowest BCUT2D eigenvalue weighted by atomic mass is 10.00. The zero-order valence-electron chi connectivity index (χ0n) is 6.24. The molecule has 0 aliphatic carbocycles. The van der Waals surface area contributed by atoms with Crippen molar-refractivity contribution in [2.45, 2.75) is 24.5 Å². The molecule has 0 saturated carbocycles. The molecule has 1 aliphatic heterocycles. The standard InChI is InChI=1S/C7H15NS/c1-7(9-2)3-5-8-6-4-7/h8H,3-6H2,1-2H3. The van der Waals surface area contributed by atoms with E-state index >= 15 is 0 Å². The first-order valence-electron chi connectivity index (χ1n) is 3.53. The Morgan fingerprint density at radius 1 is 1.33 bits per heavy atom. The third-order valence-electron chi connectivity index (χ3n) is 2.15. The zero-order chi connectivity index (χ0) is 6.74. The number of hydrogen-bond acceptors (Lipinski definition) is 2. The van der Waals surface area contributed by atoms with Crippen molar-refractivity contribution in [3.8, 4) is 0 Å². The van der Waals surface area contributed by atoms with E-state index in [-0.39, 0.29) is 0 Å². The van der Waals surface area contributed by atoms with Gasteiger partial charge in [-0.2, -0.15) is 11.8 Å². The molecule has 0 unspecified atom stereocenters. The van der Waals surface area contributed by atoms with E-state index < -0.39 is 0 Å². The Kier molecular flexibility index (Phi) is 2.42. The number of piperidine rings is 1. The minimum Gasteiger partial charge on any atom is -0.317 e. The molecule has 2 heteroatoms. The van der Waals surface area contributed by atoms with Crippen LogP contribution in [0.3, 0.4) is 0 Å². The summed E-state index contributed by atoms with van der Waals surface area (Å²) in [4.78, 5) is 0. The molecule has 1 N–H and O–H groups in total. The molecule has 1 nitrogen and oxygen atoms in total. The quantitative estimate of drug-likeness (QED) is 0.600. The third kappa shape index (κ3) is 1.87. The van der Waals surface area contributed by atoms with Crippen LogP contribution in [-0.4, -0.2) is 24.1 Å². The van der Waals surface area contributed by atoms with Crippen molar-refractivity contribution >= 4 is 11.8 Å². The van der Waals surface area contributed by atoms with Gasteiger partial charge >= 0.3 is 0 Å². The minimum absolute atomic E-state index is 0.575. The highest BCUT2D eigenvalue weighted by Crippen LogP contribution is 2.30. The molecule has 1 rings (SSSR count). The van der Waals surface area contributed by atoms with Crippen LogP contribution in [0.15, 0.2) is 0 Å². The summed E-state index contributed by atoms with van der Waals surface area (Å²) in [6, 6.07) is 0. The second kappa shape index (κ2) is 2.93. The summed E-state index contributed by atoms with van der Waals surface area (Å²) in [7, 11) is 0. The normalized spacial score (nSPS) is 26.0. The maximum absolute atomic E-state index is 3.36. The maximum Gasteiger partial charge on any atom is 0.0153 e. The summed E-state index contributed by atoms with van der Waals surface area (Å²) in [6.45, 7) is 4.77. The highest BCUT2D eigenvalue weighted by molar-refractivity contribution is 7.99. The molecule has 1 heterocycles. The molecule has 0 spiro atoms. The van der Waals surface area contributed by atoms with Crippen LogP contribution < -0.4 is 5.32 Å². The molecule has 0 aromatic heterocycles. The van der Waals surface area contributed by atoms with Crippen molar-refractivity contribution < 1.29 is 0 Å². The number of rotatable bonds is 1. The van der Waals surface area contributed by atoms with Gasteiger partial charge in [0.25, 0.3) is 0 Å². The number of hydrogen-bond donors (Lipinski definition) is 1. The van der Waals surface area contributed by atoms with Crippen LogP contribution in [0.25, 0.3) is 0 Å². The van der Waals surface area contributed by atoms with Gasteiger partial charge in [-0.05, 0) is 32.2 Å². The van der Waals surface area contributed by atoms with Gasteiger partial charge in [0.15, 0.2) is 0 Å². The summed E-state index contributed by atoms with van der Waals surface area (Å²) >= 11 is 2.01. The van der Waals surface area contributed by atoms with Crippen LogP contribution in [0.5, 0.6) is 0 Å². The van der Waals surface area contributed by atoms with Crippen molar-refractivity contribution in [3.63, 3.8) is 0 Å². The van der Waals surface area contributed by atoms with Gasteiger partial charge < -0.3 is 5.32 Å². The van der Waals surface area contributed by atoms with Gasteiger partial charge in [0.1, 0.15) is 0 Å². The molecule has 0 amide bonds. The van der Waals surface area contributed by atoms with E-state index in [4.69, 9.17) is 0 Å². The Hall–Kier alpha value is 0.310. The number of nitrogens with one attached hydrogen (secondary N) is 1. The van der Waals surface area contributed by atoms with Crippen LogP contribution in [-0.2, 0) is 0 Å². The van der Waals surface area contributed by atoms with E-state index in [2.05, 4.69) is 18.5 Å². The molecular weight excluding hydrogens is 130 g/mol. The monoisotopic (exact) mass is 145 g/mol. The molecule has 1 aliphatic rings. The van der Waals surface area contributed by atoms with Crippen molar-refractivity contribution in [1.82, 2.24) is 5.32 Å². The fourth-order valence-electron chi connectivity index (χ4n) is 1.16. The molecule has 9 heavy (non-hydrogen) atoms. The SMILES string of the molecule is CSC1(C)CCNCC1. The Bertz CT molecular complexity index is 86.9. The van der Waals surface area contributed by atoms with Crippen molar-refractivity contribution in [2.24, 2.45) is 0 Å². The first-order chi connectivity index (χ1) is 4.27. The van der Waals surface area contributed by atoms with Crippen LogP contribution >= 0.6 is 11.8 Å². The Morgan fingerprint density at radius 2 is 1.89 bits per heavy atom. The van der Waals surface area contributed by atoms with Gasteiger partial charge in [0.05, 0.1) is 0 Å². The van der Waals surface area contributed by atoms with E-state index in [0.717, 1.165) is 0 Å². The van der Waals surface area contributed by atoms with Crippen molar-refractivity contribution in [1.29, 1.82) is 0 Å². The van der Waals surface area contributed by atoms with Gasteiger partial charge in [-0.15, -0.1) is 0 Å². The van der Waals surface area contributed by atoms with Gasteiger partial charge in [-0.3, -0.25) is 0 Å². The largest absolute Gasteiger partial charge is 0.317 e. The third-order valence-corrected chi connectivity index (χ3v) is 3.55. The first kappa shape index (κ1) is 7.42.